The molecule has 0 fully saturated rings. The van der Waals surface area contributed by atoms with E-state index in [-0.39, 0.29) is 0 Å². The molecule has 0 spiro atoms. The topological polar surface area (TPSA) is 22.1 Å². The molecule has 136 valence electrons. The number of nitrogens with zero attached hydrogens (tertiary/aromatic N) is 1. The summed E-state index contributed by atoms with van der Waals surface area (Å²) < 4.78 is 5.31. The predicted molar refractivity (Wildman–Crippen MR) is 115 cm³/mol. The average molecular weight is 363 g/mol. The summed E-state index contributed by atoms with van der Waals surface area (Å²) >= 11 is 0. The SMILES string of the molecule is COc1ccc(-c2cc(-c3ccc(C)cc3)c3c(n2)-c2ccccc2C3)cc1. The van der Waals surface area contributed by atoms with Crippen LogP contribution in [0.2, 0.25) is 0 Å². The lowest BCUT2D eigenvalue weighted by Crippen LogP contribution is -1.95. The van der Waals surface area contributed by atoms with Crippen LogP contribution in [0.1, 0.15) is 16.7 Å². The highest BCUT2D eigenvalue weighted by molar-refractivity contribution is 5.85. The van der Waals surface area contributed by atoms with E-state index in [0.717, 1.165) is 29.1 Å². The van der Waals surface area contributed by atoms with E-state index in [1.807, 2.05) is 12.1 Å². The molecule has 0 radical (unpaired) electrons. The van der Waals surface area contributed by atoms with Crippen molar-refractivity contribution < 1.29 is 4.74 Å². The van der Waals surface area contributed by atoms with Crippen molar-refractivity contribution in [3.63, 3.8) is 0 Å². The van der Waals surface area contributed by atoms with Crippen LogP contribution in [-0.4, -0.2) is 12.1 Å². The Labute approximate surface area is 165 Å². The van der Waals surface area contributed by atoms with Crippen LogP contribution >= 0.6 is 0 Å². The summed E-state index contributed by atoms with van der Waals surface area (Å²) in [4.78, 5) is 5.08. The molecular weight excluding hydrogens is 342 g/mol. The van der Waals surface area contributed by atoms with Crippen LogP contribution in [0, 0.1) is 6.92 Å². The van der Waals surface area contributed by atoms with Gasteiger partial charge in [0.15, 0.2) is 0 Å². The van der Waals surface area contributed by atoms with E-state index in [1.54, 1.807) is 7.11 Å². The Morgan fingerprint density at radius 1 is 0.786 bits per heavy atom. The van der Waals surface area contributed by atoms with Gasteiger partial charge in [-0.2, -0.15) is 0 Å². The summed E-state index contributed by atoms with van der Waals surface area (Å²) in [5, 5.41) is 0. The first kappa shape index (κ1) is 16.8. The molecule has 0 aliphatic heterocycles. The molecule has 28 heavy (non-hydrogen) atoms. The van der Waals surface area contributed by atoms with Crippen molar-refractivity contribution in [2.75, 3.05) is 7.11 Å². The van der Waals surface area contributed by atoms with Gasteiger partial charge in [0.1, 0.15) is 5.75 Å². The Hall–Kier alpha value is -3.39. The second-order valence-electron chi connectivity index (χ2n) is 7.31. The van der Waals surface area contributed by atoms with Gasteiger partial charge < -0.3 is 4.74 Å². The van der Waals surface area contributed by atoms with Crippen LogP contribution in [0.25, 0.3) is 33.6 Å². The highest BCUT2D eigenvalue weighted by atomic mass is 16.5. The Morgan fingerprint density at radius 2 is 1.50 bits per heavy atom. The summed E-state index contributed by atoms with van der Waals surface area (Å²) in [7, 11) is 1.69. The first-order chi connectivity index (χ1) is 13.7. The minimum atomic E-state index is 0.856. The number of pyridine rings is 1. The molecule has 0 saturated heterocycles. The molecule has 0 N–H and O–H groups in total. The maximum absolute atomic E-state index is 5.31. The second-order valence-corrected chi connectivity index (χ2v) is 7.31. The Morgan fingerprint density at radius 3 is 2.25 bits per heavy atom. The summed E-state index contributed by atoms with van der Waals surface area (Å²) in [6.07, 6.45) is 0.935. The van der Waals surface area contributed by atoms with E-state index in [0.29, 0.717) is 0 Å². The molecule has 1 heterocycles. The molecule has 0 atom stereocenters. The summed E-state index contributed by atoms with van der Waals surface area (Å²) in [6, 6.07) is 27.8. The monoisotopic (exact) mass is 363 g/mol. The molecule has 0 bridgehead atoms. The van der Waals surface area contributed by atoms with Gasteiger partial charge in [-0.1, -0.05) is 54.1 Å². The number of methoxy groups -OCH3 is 1. The molecular formula is C26H21NO. The summed E-state index contributed by atoms with van der Waals surface area (Å²) in [5.74, 6) is 0.856. The second kappa shape index (κ2) is 6.65. The summed E-state index contributed by atoms with van der Waals surface area (Å²) in [6.45, 7) is 2.12. The molecule has 1 aliphatic carbocycles. The van der Waals surface area contributed by atoms with E-state index in [1.165, 1.54) is 33.4 Å². The lowest BCUT2D eigenvalue weighted by molar-refractivity contribution is 0.415. The van der Waals surface area contributed by atoms with Crippen molar-refractivity contribution in [1.82, 2.24) is 4.98 Å². The molecule has 1 aromatic heterocycles. The van der Waals surface area contributed by atoms with Crippen molar-refractivity contribution in [1.29, 1.82) is 0 Å². The Bertz CT molecular complexity index is 1160. The Balaban J connectivity index is 1.73. The zero-order valence-corrected chi connectivity index (χ0v) is 16.1. The van der Waals surface area contributed by atoms with Crippen LogP contribution in [0.3, 0.4) is 0 Å². The molecule has 3 aromatic carbocycles. The number of ether oxygens (including phenoxy) is 1. The predicted octanol–water partition coefficient (Wildman–Crippen LogP) is 6.30. The zero-order valence-electron chi connectivity index (χ0n) is 16.1. The number of rotatable bonds is 3. The first-order valence-corrected chi connectivity index (χ1v) is 9.56. The van der Waals surface area contributed by atoms with Crippen molar-refractivity contribution in [3.05, 3.63) is 95.6 Å². The fourth-order valence-corrected chi connectivity index (χ4v) is 3.97. The normalized spacial score (nSPS) is 11.8. The van der Waals surface area contributed by atoms with Crippen molar-refractivity contribution in [2.24, 2.45) is 0 Å². The quantitative estimate of drug-likeness (QED) is 0.375. The number of benzene rings is 3. The third kappa shape index (κ3) is 2.78. The number of aryl methyl sites for hydroxylation is 1. The molecule has 5 rings (SSSR count). The van der Waals surface area contributed by atoms with Gasteiger partial charge in [-0.3, -0.25) is 0 Å². The lowest BCUT2D eigenvalue weighted by atomic mass is 9.95. The van der Waals surface area contributed by atoms with Gasteiger partial charge in [0.05, 0.1) is 18.5 Å². The fourth-order valence-electron chi connectivity index (χ4n) is 3.97. The van der Waals surface area contributed by atoms with E-state index < -0.39 is 0 Å². The Kier molecular flexibility index (Phi) is 3.98. The van der Waals surface area contributed by atoms with Gasteiger partial charge in [0, 0.05) is 17.5 Å². The van der Waals surface area contributed by atoms with E-state index in [4.69, 9.17) is 9.72 Å². The third-order valence-electron chi connectivity index (χ3n) is 5.51. The van der Waals surface area contributed by atoms with Crippen molar-refractivity contribution in [3.8, 4) is 39.4 Å². The number of hydrogen-bond acceptors (Lipinski definition) is 2. The third-order valence-corrected chi connectivity index (χ3v) is 5.51. The highest BCUT2D eigenvalue weighted by Crippen LogP contribution is 2.42. The van der Waals surface area contributed by atoms with Crippen LogP contribution < -0.4 is 4.74 Å². The van der Waals surface area contributed by atoms with Gasteiger partial charge in [0.2, 0.25) is 0 Å². The van der Waals surface area contributed by atoms with Crippen molar-refractivity contribution >= 4 is 0 Å². The average Bonchev–Trinajstić information content (AvgIpc) is 3.12. The standard InChI is InChI=1S/C26H21NO/c1-17-7-9-18(10-8-17)23-16-25(19-11-13-21(28-2)14-12-19)27-26-22-6-4-3-5-20(22)15-24(23)26/h3-14,16H,15H2,1-2H3. The minimum absolute atomic E-state index is 0.856. The smallest absolute Gasteiger partial charge is 0.118 e. The number of fused-ring (bicyclic) bond motifs is 3. The lowest BCUT2D eigenvalue weighted by Gasteiger charge is -2.13. The molecule has 1 aliphatic rings. The van der Waals surface area contributed by atoms with Crippen LogP contribution in [0.15, 0.2) is 78.9 Å². The zero-order chi connectivity index (χ0) is 19.1. The van der Waals surface area contributed by atoms with Crippen molar-refractivity contribution in [2.45, 2.75) is 13.3 Å². The van der Waals surface area contributed by atoms with Gasteiger partial charge in [-0.15, -0.1) is 0 Å². The molecule has 4 aromatic rings. The maximum Gasteiger partial charge on any atom is 0.118 e. The van der Waals surface area contributed by atoms with E-state index >= 15 is 0 Å². The molecule has 2 heteroatoms. The van der Waals surface area contributed by atoms with Gasteiger partial charge in [-0.25, -0.2) is 4.98 Å². The number of aromatic nitrogens is 1. The van der Waals surface area contributed by atoms with E-state index in [9.17, 15) is 0 Å². The van der Waals surface area contributed by atoms with Crippen LogP contribution in [0.4, 0.5) is 0 Å². The van der Waals surface area contributed by atoms with Crippen LogP contribution in [0.5, 0.6) is 5.75 Å². The van der Waals surface area contributed by atoms with Gasteiger partial charge in [-0.05, 0) is 59.5 Å². The van der Waals surface area contributed by atoms with Crippen LogP contribution in [-0.2, 0) is 6.42 Å². The molecule has 0 saturated carbocycles. The maximum atomic E-state index is 5.31. The molecule has 0 amide bonds. The minimum Gasteiger partial charge on any atom is -0.497 e. The molecule has 2 nitrogen and oxygen atoms in total. The van der Waals surface area contributed by atoms with Gasteiger partial charge >= 0.3 is 0 Å². The highest BCUT2D eigenvalue weighted by Gasteiger charge is 2.24. The van der Waals surface area contributed by atoms with E-state index in [2.05, 4.69) is 73.7 Å². The van der Waals surface area contributed by atoms with Gasteiger partial charge in [0.25, 0.3) is 0 Å². The molecule has 0 unspecified atom stereocenters. The fraction of sp³-hybridized carbons (Fsp3) is 0.115. The number of hydrogen-bond donors (Lipinski definition) is 0. The largest absolute Gasteiger partial charge is 0.497 e. The first-order valence-electron chi connectivity index (χ1n) is 9.56. The summed E-state index contributed by atoms with van der Waals surface area (Å²) in [5.41, 5.74) is 10.9.